The highest BCUT2D eigenvalue weighted by atomic mass is 35.5. The van der Waals surface area contributed by atoms with Gasteiger partial charge in [-0.3, -0.25) is 9.52 Å². The predicted octanol–water partition coefficient (Wildman–Crippen LogP) is 3.75. The van der Waals surface area contributed by atoms with E-state index in [4.69, 9.17) is 16.3 Å². The van der Waals surface area contributed by atoms with Gasteiger partial charge >= 0.3 is 0 Å². The molecule has 0 bridgehead atoms. The molecule has 0 radical (unpaired) electrons. The second-order valence-corrected chi connectivity index (χ2v) is 8.36. The third-order valence-electron chi connectivity index (χ3n) is 3.36. The van der Waals surface area contributed by atoms with Crippen molar-refractivity contribution in [2.24, 2.45) is 0 Å². The Kier molecular flexibility index (Phi) is 6.12. The molecule has 2 aromatic carbocycles. The van der Waals surface area contributed by atoms with Gasteiger partial charge in [0.15, 0.2) is 11.7 Å². The molecule has 7 nitrogen and oxygen atoms in total. The van der Waals surface area contributed by atoms with E-state index >= 15 is 0 Å². The lowest BCUT2D eigenvalue weighted by Gasteiger charge is -2.09. The van der Waals surface area contributed by atoms with E-state index in [1.807, 2.05) is 0 Å². The van der Waals surface area contributed by atoms with Crippen LogP contribution in [-0.2, 0) is 14.8 Å². The Morgan fingerprint density at radius 2 is 1.96 bits per heavy atom. The van der Waals surface area contributed by atoms with Gasteiger partial charge in [-0.15, -0.1) is 11.3 Å². The first-order chi connectivity index (χ1) is 13.3. The third kappa shape index (κ3) is 5.18. The van der Waals surface area contributed by atoms with Crippen LogP contribution < -0.4 is 14.8 Å². The van der Waals surface area contributed by atoms with E-state index in [1.165, 1.54) is 42.6 Å². The number of carbonyl (C=O) groups excluding carboxylic acids is 1. The van der Waals surface area contributed by atoms with Crippen LogP contribution in [0.15, 0.2) is 58.9 Å². The van der Waals surface area contributed by atoms with E-state index in [2.05, 4.69) is 15.0 Å². The van der Waals surface area contributed by atoms with Gasteiger partial charge in [0.2, 0.25) is 0 Å². The largest absolute Gasteiger partial charge is 0.484 e. The molecular formula is C17H13ClFN3O4S2. The monoisotopic (exact) mass is 441 g/mol. The number of rotatable bonds is 7. The van der Waals surface area contributed by atoms with Crippen molar-refractivity contribution >= 4 is 49.7 Å². The van der Waals surface area contributed by atoms with E-state index in [1.54, 1.807) is 5.38 Å². The zero-order chi connectivity index (χ0) is 20.1. The molecule has 3 aromatic rings. The molecule has 0 fully saturated rings. The molecule has 1 amide bonds. The van der Waals surface area contributed by atoms with E-state index < -0.39 is 21.7 Å². The zero-order valence-electron chi connectivity index (χ0n) is 14.1. The molecule has 0 spiro atoms. The lowest BCUT2D eigenvalue weighted by molar-refractivity contribution is -0.118. The highest BCUT2D eigenvalue weighted by Gasteiger charge is 2.15. The summed E-state index contributed by atoms with van der Waals surface area (Å²) in [6.07, 6.45) is 1.49. The highest BCUT2D eigenvalue weighted by molar-refractivity contribution is 7.93. The molecule has 0 aliphatic carbocycles. The van der Waals surface area contributed by atoms with E-state index in [0.717, 1.165) is 17.4 Å². The maximum Gasteiger partial charge on any atom is 0.263 e. The number of nitrogens with one attached hydrogen (secondary N) is 2. The van der Waals surface area contributed by atoms with Crippen LogP contribution in [0, 0.1) is 5.82 Å². The van der Waals surface area contributed by atoms with Gasteiger partial charge in [0.05, 0.1) is 9.92 Å². The lowest BCUT2D eigenvalue weighted by atomic mass is 10.3. The predicted molar refractivity (Wildman–Crippen MR) is 105 cm³/mol. The van der Waals surface area contributed by atoms with Crippen molar-refractivity contribution in [3.8, 4) is 5.75 Å². The number of aromatic nitrogens is 1. The van der Waals surface area contributed by atoms with Crippen molar-refractivity contribution in [1.82, 2.24) is 4.98 Å². The first-order valence-electron chi connectivity index (χ1n) is 7.73. The Hall–Kier alpha value is -2.69. The Labute approximate surface area is 169 Å². The number of hydrogen-bond acceptors (Lipinski definition) is 6. The highest BCUT2D eigenvalue weighted by Crippen LogP contribution is 2.22. The normalized spacial score (nSPS) is 11.1. The molecule has 1 heterocycles. The fourth-order valence-electron chi connectivity index (χ4n) is 2.08. The standard InChI is InChI=1S/C17H13ClFN3O4S2/c18-14-9-12(3-6-15(14)19)26-10-16(23)21-11-1-4-13(5-2-11)28(24,25)22-17-20-7-8-27-17/h1-9H,10H2,(H,20,22)(H,21,23). The smallest absolute Gasteiger partial charge is 0.263 e. The summed E-state index contributed by atoms with van der Waals surface area (Å²) in [5.41, 5.74) is 0.388. The SMILES string of the molecule is O=C(COc1ccc(F)c(Cl)c1)Nc1ccc(S(=O)(=O)Nc2nccs2)cc1. The topological polar surface area (TPSA) is 97.4 Å². The lowest BCUT2D eigenvalue weighted by Crippen LogP contribution is -2.20. The van der Waals surface area contributed by atoms with Crippen molar-refractivity contribution < 1.29 is 22.3 Å². The number of amides is 1. The molecule has 11 heteroatoms. The number of hydrogen-bond donors (Lipinski definition) is 2. The van der Waals surface area contributed by atoms with Crippen molar-refractivity contribution in [3.63, 3.8) is 0 Å². The van der Waals surface area contributed by atoms with Gasteiger partial charge in [-0.2, -0.15) is 0 Å². The van der Waals surface area contributed by atoms with E-state index in [9.17, 15) is 17.6 Å². The summed E-state index contributed by atoms with van der Waals surface area (Å²) in [7, 11) is -3.76. The number of halogens is 2. The van der Waals surface area contributed by atoms with E-state index in [0.29, 0.717) is 5.69 Å². The molecule has 0 saturated heterocycles. The second kappa shape index (κ2) is 8.55. The average Bonchev–Trinajstić information content (AvgIpc) is 3.15. The maximum atomic E-state index is 13.1. The molecule has 1 aromatic heterocycles. The van der Waals surface area contributed by atoms with Crippen LogP contribution in [0.2, 0.25) is 5.02 Å². The molecule has 28 heavy (non-hydrogen) atoms. The summed E-state index contributed by atoms with van der Waals surface area (Å²) in [6.45, 7) is -0.326. The first-order valence-corrected chi connectivity index (χ1v) is 10.5. The van der Waals surface area contributed by atoms with Crippen molar-refractivity contribution in [2.45, 2.75) is 4.90 Å². The number of nitrogens with zero attached hydrogens (tertiary/aromatic N) is 1. The van der Waals surface area contributed by atoms with Gasteiger partial charge < -0.3 is 10.1 Å². The van der Waals surface area contributed by atoms with Crippen LogP contribution in [0.5, 0.6) is 5.75 Å². The molecule has 0 unspecified atom stereocenters. The Morgan fingerprint density at radius 3 is 2.61 bits per heavy atom. The van der Waals surface area contributed by atoms with Crippen LogP contribution >= 0.6 is 22.9 Å². The number of sulfonamides is 1. The van der Waals surface area contributed by atoms with Crippen molar-refractivity contribution in [2.75, 3.05) is 16.6 Å². The summed E-state index contributed by atoms with van der Waals surface area (Å²) in [4.78, 5) is 15.8. The summed E-state index contributed by atoms with van der Waals surface area (Å²) in [6, 6.07) is 9.35. The Morgan fingerprint density at radius 1 is 1.21 bits per heavy atom. The van der Waals surface area contributed by atoms with Crippen LogP contribution in [0.3, 0.4) is 0 Å². The minimum absolute atomic E-state index is 0.0258. The van der Waals surface area contributed by atoms with Crippen molar-refractivity contribution in [1.29, 1.82) is 0 Å². The van der Waals surface area contributed by atoms with Gasteiger partial charge in [-0.1, -0.05) is 11.6 Å². The van der Waals surface area contributed by atoms with Crippen molar-refractivity contribution in [3.05, 3.63) is 64.9 Å². The van der Waals surface area contributed by atoms with Gasteiger partial charge in [-0.05, 0) is 36.4 Å². The van der Waals surface area contributed by atoms with Crippen LogP contribution in [0.25, 0.3) is 0 Å². The summed E-state index contributed by atoms with van der Waals surface area (Å²) in [5.74, 6) is -0.814. The Balaban J connectivity index is 1.57. The fourth-order valence-corrected chi connectivity index (χ4v) is 4.04. The minimum atomic E-state index is -3.76. The molecule has 0 aliphatic rings. The van der Waals surface area contributed by atoms with Gasteiger partial charge in [0.1, 0.15) is 11.6 Å². The number of thiazole rings is 1. The molecule has 0 atom stereocenters. The van der Waals surface area contributed by atoms with Crippen LogP contribution in [-0.4, -0.2) is 25.9 Å². The number of anilines is 2. The summed E-state index contributed by atoms with van der Waals surface area (Å²) in [5, 5.41) is 4.37. The quantitative estimate of drug-likeness (QED) is 0.582. The third-order valence-corrected chi connectivity index (χ3v) is 5.83. The fraction of sp³-hybridized carbons (Fsp3) is 0.0588. The molecule has 0 aliphatic heterocycles. The maximum absolute atomic E-state index is 13.1. The zero-order valence-corrected chi connectivity index (χ0v) is 16.4. The average molecular weight is 442 g/mol. The van der Waals surface area contributed by atoms with Gasteiger partial charge in [-0.25, -0.2) is 17.8 Å². The van der Waals surface area contributed by atoms with Crippen LogP contribution in [0.1, 0.15) is 0 Å². The summed E-state index contributed by atoms with van der Waals surface area (Å²) >= 11 is 6.80. The molecule has 2 N–H and O–H groups in total. The van der Waals surface area contributed by atoms with Gasteiger partial charge in [0.25, 0.3) is 15.9 Å². The Bertz CT molecular complexity index is 1070. The number of benzene rings is 2. The molecule has 3 rings (SSSR count). The molecule has 146 valence electrons. The van der Waals surface area contributed by atoms with E-state index in [-0.39, 0.29) is 27.4 Å². The molecular weight excluding hydrogens is 429 g/mol. The number of ether oxygens (including phenoxy) is 1. The van der Waals surface area contributed by atoms with Crippen LogP contribution in [0.4, 0.5) is 15.2 Å². The second-order valence-electron chi connectivity index (χ2n) is 5.38. The first kappa shape index (κ1) is 20.1. The van der Waals surface area contributed by atoms with Gasteiger partial charge in [0, 0.05) is 23.3 Å². The minimum Gasteiger partial charge on any atom is -0.484 e. The summed E-state index contributed by atoms with van der Waals surface area (Å²) < 4.78 is 45.2. The molecule has 0 saturated carbocycles. The number of carbonyl (C=O) groups is 1.